The molecule has 4 aromatic rings. The molecule has 0 N–H and O–H groups in total. The number of hydrogen-bond donors (Lipinski definition) is 0. The molecule has 0 spiro atoms. The van der Waals surface area contributed by atoms with Crippen LogP contribution in [0.25, 0.3) is 10.9 Å². The van der Waals surface area contributed by atoms with Gasteiger partial charge in [0.05, 0.1) is 18.5 Å². The lowest BCUT2D eigenvalue weighted by atomic mass is 10.1. The van der Waals surface area contributed by atoms with Crippen LogP contribution in [0.4, 0.5) is 0 Å². The van der Waals surface area contributed by atoms with Crippen molar-refractivity contribution in [2.75, 3.05) is 33.3 Å². The van der Waals surface area contributed by atoms with Crippen LogP contribution in [0.3, 0.4) is 0 Å². The molecule has 0 unspecified atom stereocenters. The van der Waals surface area contributed by atoms with Gasteiger partial charge >= 0.3 is 0 Å². The van der Waals surface area contributed by atoms with Gasteiger partial charge in [-0.3, -0.25) is 19.5 Å². The van der Waals surface area contributed by atoms with Crippen LogP contribution in [0.15, 0.2) is 90.0 Å². The number of hydrogen-bond acceptors (Lipinski definition) is 5. The normalized spacial score (nSPS) is 11.1. The summed E-state index contributed by atoms with van der Waals surface area (Å²) in [7, 11) is 3.64. The second-order valence-corrected chi connectivity index (χ2v) is 9.26. The molecular formula is C30H34N4O3. The third-order valence-electron chi connectivity index (χ3n) is 6.51. The maximum atomic E-state index is 12.7. The third kappa shape index (κ3) is 7.51. The van der Waals surface area contributed by atoms with Crippen LogP contribution in [-0.2, 0) is 24.8 Å². The zero-order chi connectivity index (χ0) is 26.0. The van der Waals surface area contributed by atoms with Gasteiger partial charge in [-0.05, 0) is 53.9 Å². The molecule has 0 atom stereocenters. The Hall–Kier alpha value is -3.97. The van der Waals surface area contributed by atoms with Crippen molar-refractivity contribution in [1.29, 1.82) is 0 Å². The van der Waals surface area contributed by atoms with E-state index in [1.165, 1.54) is 5.56 Å². The second-order valence-electron chi connectivity index (χ2n) is 9.26. The number of benzene rings is 2. The Morgan fingerprint density at radius 2 is 1.70 bits per heavy atom. The van der Waals surface area contributed by atoms with Crippen molar-refractivity contribution in [3.05, 3.63) is 107 Å². The Morgan fingerprint density at radius 1 is 0.919 bits per heavy atom. The van der Waals surface area contributed by atoms with Gasteiger partial charge in [0.15, 0.2) is 0 Å². The summed E-state index contributed by atoms with van der Waals surface area (Å²) in [5.41, 5.74) is 3.08. The summed E-state index contributed by atoms with van der Waals surface area (Å²) in [5, 5.41) is 0.974. The average molecular weight is 499 g/mol. The molecule has 0 fully saturated rings. The smallest absolute Gasteiger partial charge is 0.250 e. The summed E-state index contributed by atoms with van der Waals surface area (Å²) < 4.78 is 7.66. The van der Waals surface area contributed by atoms with Gasteiger partial charge in [-0.1, -0.05) is 30.3 Å². The van der Waals surface area contributed by atoms with E-state index in [-0.39, 0.29) is 11.5 Å². The number of aromatic nitrogens is 2. The number of rotatable bonds is 12. The maximum absolute atomic E-state index is 12.7. The van der Waals surface area contributed by atoms with E-state index < -0.39 is 0 Å². The van der Waals surface area contributed by atoms with Crippen molar-refractivity contribution in [3.63, 3.8) is 0 Å². The molecule has 37 heavy (non-hydrogen) atoms. The highest BCUT2D eigenvalue weighted by molar-refractivity contribution is 5.80. The van der Waals surface area contributed by atoms with E-state index in [0.29, 0.717) is 19.6 Å². The number of nitrogens with zero attached hydrogens (tertiary/aromatic N) is 4. The van der Waals surface area contributed by atoms with E-state index in [1.807, 2.05) is 91.1 Å². The average Bonchev–Trinajstić information content (AvgIpc) is 2.92. The van der Waals surface area contributed by atoms with Crippen molar-refractivity contribution in [3.8, 4) is 5.75 Å². The van der Waals surface area contributed by atoms with Crippen molar-refractivity contribution in [2.24, 2.45) is 7.05 Å². The van der Waals surface area contributed by atoms with Gasteiger partial charge in [0.25, 0.3) is 5.56 Å². The Morgan fingerprint density at radius 3 is 2.49 bits per heavy atom. The topological polar surface area (TPSA) is 67.7 Å². The number of fused-ring (bicyclic) bond motifs is 1. The molecule has 7 nitrogen and oxygen atoms in total. The van der Waals surface area contributed by atoms with E-state index in [0.717, 1.165) is 48.3 Å². The van der Waals surface area contributed by atoms with Gasteiger partial charge < -0.3 is 14.2 Å². The number of carbonyl (C=O) groups is 1. The molecule has 0 aliphatic carbocycles. The molecule has 0 aliphatic rings. The fourth-order valence-corrected chi connectivity index (χ4v) is 4.27. The van der Waals surface area contributed by atoms with E-state index in [2.05, 4.69) is 9.88 Å². The van der Waals surface area contributed by atoms with Gasteiger partial charge in [-0.25, -0.2) is 0 Å². The van der Waals surface area contributed by atoms with Crippen molar-refractivity contribution in [2.45, 2.75) is 19.4 Å². The third-order valence-corrected chi connectivity index (χ3v) is 6.51. The minimum absolute atomic E-state index is 0.0251. The highest BCUT2D eigenvalue weighted by Gasteiger charge is 2.13. The van der Waals surface area contributed by atoms with Gasteiger partial charge in [0.2, 0.25) is 5.91 Å². The van der Waals surface area contributed by atoms with E-state index in [9.17, 15) is 9.59 Å². The highest BCUT2D eigenvalue weighted by atomic mass is 16.5. The minimum Gasteiger partial charge on any atom is -0.494 e. The fourth-order valence-electron chi connectivity index (χ4n) is 4.27. The monoisotopic (exact) mass is 498 g/mol. The van der Waals surface area contributed by atoms with Crippen molar-refractivity contribution < 1.29 is 9.53 Å². The lowest BCUT2D eigenvalue weighted by molar-refractivity contribution is -0.129. The molecule has 2 aromatic carbocycles. The number of likely N-dealkylation sites (N-methyl/N-ethyl adjacent to an activating group) is 1. The van der Waals surface area contributed by atoms with Crippen LogP contribution in [-0.4, -0.2) is 58.5 Å². The van der Waals surface area contributed by atoms with Crippen LogP contribution >= 0.6 is 0 Å². The Bertz CT molecular complexity index is 1360. The van der Waals surface area contributed by atoms with Crippen LogP contribution in [0.2, 0.25) is 0 Å². The quantitative estimate of drug-likeness (QED) is 0.277. The molecule has 1 amide bonds. The largest absolute Gasteiger partial charge is 0.494 e. The molecule has 0 saturated carbocycles. The molecule has 2 heterocycles. The first-order chi connectivity index (χ1) is 18.0. The van der Waals surface area contributed by atoms with Crippen LogP contribution in [0, 0.1) is 0 Å². The predicted molar refractivity (Wildman–Crippen MR) is 147 cm³/mol. The molecule has 0 aliphatic heterocycles. The minimum atomic E-state index is -0.0251. The van der Waals surface area contributed by atoms with Gasteiger partial charge in [0.1, 0.15) is 5.75 Å². The zero-order valence-corrected chi connectivity index (χ0v) is 21.5. The first-order valence-corrected chi connectivity index (χ1v) is 12.6. The maximum Gasteiger partial charge on any atom is 0.250 e. The molecule has 4 rings (SSSR count). The Kier molecular flexibility index (Phi) is 9.05. The van der Waals surface area contributed by atoms with Gasteiger partial charge in [-0.2, -0.15) is 0 Å². The van der Waals surface area contributed by atoms with Crippen LogP contribution < -0.4 is 10.3 Å². The summed E-state index contributed by atoms with van der Waals surface area (Å²) >= 11 is 0. The zero-order valence-electron chi connectivity index (χ0n) is 21.5. The first kappa shape index (κ1) is 26.1. The summed E-state index contributed by atoms with van der Waals surface area (Å²) in [6.07, 6.45) is 4.87. The highest BCUT2D eigenvalue weighted by Crippen LogP contribution is 2.19. The molecule has 0 radical (unpaired) electrons. The molecule has 0 bridgehead atoms. The number of pyridine rings is 2. The molecular weight excluding hydrogens is 464 g/mol. The Balaban J connectivity index is 1.30. The Labute approximate surface area is 217 Å². The molecule has 7 heteroatoms. The van der Waals surface area contributed by atoms with E-state index >= 15 is 0 Å². The van der Waals surface area contributed by atoms with E-state index in [1.54, 1.807) is 17.7 Å². The lowest BCUT2D eigenvalue weighted by Gasteiger charge is -2.26. The van der Waals surface area contributed by atoms with Gasteiger partial charge in [0, 0.05) is 64.1 Å². The first-order valence-electron chi connectivity index (χ1n) is 12.6. The van der Waals surface area contributed by atoms with E-state index in [4.69, 9.17) is 4.74 Å². The fraction of sp³-hybridized carbons (Fsp3) is 0.300. The summed E-state index contributed by atoms with van der Waals surface area (Å²) in [4.78, 5) is 32.8. The molecule has 0 saturated heterocycles. The van der Waals surface area contributed by atoms with Crippen molar-refractivity contribution in [1.82, 2.24) is 19.4 Å². The predicted octanol–water partition coefficient (Wildman–Crippen LogP) is 3.91. The lowest BCUT2D eigenvalue weighted by Crippen LogP contribution is -2.37. The standard InChI is InChI=1S/C30H34N4O3/c1-32(30(36)21-24-7-4-3-5-8-24)18-19-34(23-25-13-15-31-16-14-25)17-6-20-37-27-10-11-28-26(22-27)9-12-29(35)33(28)2/h3-5,7-16,22H,6,17-21,23H2,1-2H3. The summed E-state index contributed by atoms with van der Waals surface area (Å²) in [5.74, 6) is 0.908. The molecule has 192 valence electrons. The second kappa shape index (κ2) is 12.8. The SMILES string of the molecule is CN(CCN(CCCOc1ccc2c(ccc(=O)n2C)c1)Cc1ccncc1)C(=O)Cc1ccccc1. The number of aryl methyl sites for hydroxylation is 1. The number of amides is 1. The van der Waals surface area contributed by atoms with Crippen LogP contribution in [0.1, 0.15) is 17.5 Å². The summed E-state index contributed by atoms with van der Waals surface area (Å²) in [6.45, 7) is 3.62. The van der Waals surface area contributed by atoms with Crippen LogP contribution in [0.5, 0.6) is 5.75 Å². The molecule has 2 aromatic heterocycles. The number of ether oxygens (including phenoxy) is 1. The summed E-state index contributed by atoms with van der Waals surface area (Å²) in [6, 6.07) is 23.1. The van der Waals surface area contributed by atoms with Gasteiger partial charge in [-0.15, -0.1) is 0 Å². The number of carbonyl (C=O) groups excluding carboxylic acids is 1. The van der Waals surface area contributed by atoms with Crippen molar-refractivity contribution >= 4 is 16.8 Å².